The molecule has 0 saturated carbocycles. The van der Waals surface area contributed by atoms with E-state index in [2.05, 4.69) is 20.3 Å². The fourth-order valence-corrected chi connectivity index (χ4v) is 5.68. The van der Waals surface area contributed by atoms with Gasteiger partial charge in [-0.3, -0.25) is 9.59 Å². The molecule has 0 radical (unpaired) electrons. The van der Waals surface area contributed by atoms with E-state index in [4.69, 9.17) is 23.2 Å². The molecule has 3 N–H and O–H groups in total. The number of likely N-dealkylation sites (N-methyl/N-ethyl adjacent to an activating group) is 1. The smallest absolute Gasteiger partial charge is 0.280 e. The van der Waals surface area contributed by atoms with E-state index in [-0.39, 0.29) is 23.2 Å². The van der Waals surface area contributed by atoms with Crippen LogP contribution >= 0.6 is 23.2 Å². The normalized spacial score (nSPS) is 24.2. The quantitative estimate of drug-likeness (QED) is 0.493. The van der Waals surface area contributed by atoms with Crippen molar-refractivity contribution in [3.05, 3.63) is 52.5 Å². The number of amides is 2. The monoisotopic (exact) mass is 544 g/mol. The van der Waals surface area contributed by atoms with Crippen LogP contribution in [0.2, 0.25) is 10.2 Å². The Balaban J connectivity index is 1.41. The van der Waals surface area contributed by atoms with Crippen molar-refractivity contribution in [2.75, 3.05) is 30.4 Å². The number of aromatic nitrogens is 1. The lowest BCUT2D eigenvalue weighted by Crippen LogP contribution is -2.63. The second-order valence-corrected chi connectivity index (χ2v) is 10.9. The fourth-order valence-electron chi connectivity index (χ4n) is 4.09. The second-order valence-electron chi connectivity index (χ2n) is 8.34. The Labute approximate surface area is 212 Å². The molecule has 4 rings (SSSR count). The number of carbonyl (C=O) groups is 2. The summed E-state index contributed by atoms with van der Waals surface area (Å²) in [5, 5.41) is 5.58. The molecule has 0 aliphatic carbocycles. The number of hydrogen-bond acceptors (Lipinski definition) is 6. The third kappa shape index (κ3) is 5.84. The predicted molar refractivity (Wildman–Crippen MR) is 130 cm³/mol. The van der Waals surface area contributed by atoms with Gasteiger partial charge in [0.2, 0.25) is 11.8 Å². The molecule has 2 aromatic rings. The Bertz CT molecular complexity index is 1250. The van der Waals surface area contributed by atoms with Gasteiger partial charge in [0.15, 0.2) is 0 Å². The highest BCUT2D eigenvalue weighted by Crippen LogP contribution is 2.24. The highest BCUT2D eigenvalue weighted by molar-refractivity contribution is 7.87. The van der Waals surface area contributed by atoms with Crippen molar-refractivity contribution < 1.29 is 22.4 Å². The maximum Gasteiger partial charge on any atom is 0.280 e. The first-order chi connectivity index (χ1) is 16.5. The van der Waals surface area contributed by atoms with E-state index >= 15 is 0 Å². The van der Waals surface area contributed by atoms with Crippen LogP contribution < -0.4 is 20.3 Å². The van der Waals surface area contributed by atoms with E-state index < -0.39 is 39.9 Å². The first kappa shape index (κ1) is 25.6. The molecular weight excluding hydrogens is 522 g/mol. The molecule has 2 aliphatic heterocycles. The fraction of sp³-hybridized carbons (Fsp3) is 0.381. The molecule has 3 atom stereocenters. The van der Waals surface area contributed by atoms with Crippen LogP contribution in [0, 0.1) is 5.82 Å². The summed E-state index contributed by atoms with van der Waals surface area (Å²) < 4.78 is 41.8. The third-order valence-electron chi connectivity index (χ3n) is 5.98. The van der Waals surface area contributed by atoms with Crippen LogP contribution in [-0.4, -0.2) is 67.8 Å². The number of halogens is 3. The first-order valence-electron chi connectivity index (χ1n) is 10.7. The zero-order valence-corrected chi connectivity index (χ0v) is 20.9. The number of hydrogen-bond donors (Lipinski definition) is 3. The lowest BCUT2D eigenvalue weighted by atomic mass is 10.1. The molecule has 1 aromatic heterocycles. The van der Waals surface area contributed by atoms with Gasteiger partial charge in [0.05, 0.1) is 5.02 Å². The Morgan fingerprint density at radius 3 is 2.69 bits per heavy atom. The molecular formula is C21H23Cl2FN6O4S. The van der Waals surface area contributed by atoms with Gasteiger partial charge in [-0.2, -0.15) is 17.4 Å². The van der Waals surface area contributed by atoms with Crippen LogP contribution in [-0.2, 0) is 19.8 Å². The number of nitrogens with zero attached hydrogens (tertiary/aromatic N) is 3. The summed E-state index contributed by atoms with van der Waals surface area (Å²) in [4.78, 5) is 31.8. The Morgan fingerprint density at radius 1 is 1.20 bits per heavy atom. The van der Waals surface area contributed by atoms with Gasteiger partial charge in [-0.1, -0.05) is 23.2 Å². The predicted octanol–water partition coefficient (Wildman–Crippen LogP) is 1.77. The molecule has 3 heterocycles. The third-order valence-corrected chi connectivity index (χ3v) is 8.08. The summed E-state index contributed by atoms with van der Waals surface area (Å²) in [7, 11) is -2.86. The van der Waals surface area contributed by atoms with Crippen molar-refractivity contribution >= 4 is 56.6 Å². The van der Waals surface area contributed by atoms with E-state index in [9.17, 15) is 22.4 Å². The summed E-state index contributed by atoms with van der Waals surface area (Å²) in [5.41, 5.74) is 1.08. The zero-order chi connectivity index (χ0) is 25.3. The van der Waals surface area contributed by atoms with Gasteiger partial charge in [-0.05, 0) is 43.2 Å². The molecule has 35 heavy (non-hydrogen) atoms. The first-order valence-corrected chi connectivity index (χ1v) is 12.9. The van der Waals surface area contributed by atoms with Crippen LogP contribution in [0.15, 0.2) is 36.5 Å². The summed E-state index contributed by atoms with van der Waals surface area (Å²) >= 11 is 11.7. The van der Waals surface area contributed by atoms with Crippen molar-refractivity contribution in [1.29, 1.82) is 0 Å². The van der Waals surface area contributed by atoms with Crippen molar-refractivity contribution in [1.82, 2.24) is 19.3 Å². The van der Waals surface area contributed by atoms with Gasteiger partial charge in [-0.15, -0.1) is 0 Å². The van der Waals surface area contributed by atoms with Crippen molar-refractivity contribution in [3.63, 3.8) is 0 Å². The van der Waals surface area contributed by atoms with E-state index in [1.54, 1.807) is 12.3 Å². The molecule has 0 spiro atoms. The van der Waals surface area contributed by atoms with Crippen LogP contribution in [0.25, 0.3) is 0 Å². The molecule has 2 aliphatic rings. The Morgan fingerprint density at radius 2 is 1.97 bits per heavy atom. The topological polar surface area (TPSA) is 124 Å². The van der Waals surface area contributed by atoms with Crippen molar-refractivity contribution in [3.8, 4) is 0 Å². The zero-order valence-electron chi connectivity index (χ0n) is 18.5. The minimum atomic E-state index is -4.11. The highest BCUT2D eigenvalue weighted by Gasteiger charge is 2.43. The van der Waals surface area contributed by atoms with Gasteiger partial charge in [-0.25, -0.2) is 9.37 Å². The van der Waals surface area contributed by atoms with Crippen LogP contribution in [0.5, 0.6) is 0 Å². The maximum absolute atomic E-state index is 13.4. The number of pyridine rings is 1. The molecule has 0 bridgehead atoms. The molecule has 10 nitrogen and oxygen atoms in total. The van der Waals surface area contributed by atoms with Gasteiger partial charge in [0.1, 0.15) is 23.1 Å². The van der Waals surface area contributed by atoms with Crippen LogP contribution in [0.3, 0.4) is 0 Å². The molecule has 3 unspecified atom stereocenters. The largest absolute Gasteiger partial charge is 0.369 e. The average Bonchev–Trinajstić information content (AvgIpc) is 3.26. The molecule has 2 amide bonds. The molecule has 14 heteroatoms. The van der Waals surface area contributed by atoms with Crippen molar-refractivity contribution in [2.45, 2.75) is 31.0 Å². The summed E-state index contributed by atoms with van der Waals surface area (Å²) in [5.74, 6) is -1.84. The minimum Gasteiger partial charge on any atom is -0.369 e. The minimum absolute atomic E-state index is 0.0985. The Kier molecular flexibility index (Phi) is 7.48. The molecule has 2 fully saturated rings. The molecule has 188 valence electrons. The van der Waals surface area contributed by atoms with E-state index in [1.807, 2.05) is 11.0 Å². The van der Waals surface area contributed by atoms with Crippen LogP contribution in [0.1, 0.15) is 12.8 Å². The molecule has 1 aromatic carbocycles. The summed E-state index contributed by atoms with van der Waals surface area (Å²) in [6.45, 7) is 1.19. The average molecular weight is 545 g/mol. The number of nitrogens with one attached hydrogen (secondary N) is 3. The lowest BCUT2D eigenvalue weighted by molar-refractivity contribution is -0.125. The van der Waals surface area contributed by atoms with Crippen LogP contribution in [0.4, 0.5) is 15.8 Å². The number of anilines is 2. The van der Waals surface area contributed by atoms with Gasteiger partial charge < -0.3 is 15.5 Å². The number of carbonyl (C=O) groups excluding carboxylic acids is 2. The molecule has 2 saturated heterocycles. The van der Waals surface area contributed by atoms with E-state index in [1.165, 1.54) is 19.2 Å². The van der Waals surface area contributed by atoms with E-state index in [0.29, 0.717) is 24.7 Å². The number of rotatable bonds is 5. The summed E-state index contributed by atoms with van der Waals surface area (Å²) in [6.07, 6.45) is 2.15. The summed E-state index contributed by atoms with van der Waals surface area (Å²) in [6, 6.07) is 4.63. The van der Waals surface area contributed by atoms with Gasteiger partial charge in [0.25, 0.3) is 10.2 Å². The standard InChI is InChI=1S/C21H23Cl2FN6O4S/c1-29-18(21(32)26-12-2-3-16(24)15(22)8-12)10-17(28-35(29,33)34)20(31)27-13-5-7-30(11-13)14-4-6-25-19(23)9-14/h2-4,6,8-9,13,17-18,28H,5,7,10-11H2,1H3,(H,26,32)(H,27,31). The van der Waals surface area contributed by atoms with Crippen molar-refractivity contribution in [2.24, 2.45) is 0 Å². The SMILES string of the molecule is CN1C(C(=O)Nc2ccc(F)c(Cl)c2)CC(C(=O)NC2CCN(c3ccnc(Cl)c3)C2)NS1(=O)=O. The maximum atomic E-state index is 13.4. The lowest BCUT2D eigenvalue weighted by Gasteiger charge is -2.35. The second kappa shape index (κ2) is 10.2. The number of benzene rings is 1. The van der Waals surface area contributed by atoms with Gasteiger partial charge in [0, 0.05) is 43.8 Å². The highest BCUT2D eigenvalue weighted by atomic mass is 35.5. The van der Waals surface area contributed by atoms with Gasteiger partial charge >= 0.3 is 0 Å². The Hall–Kier alpha value is -2.51. The van der Waals surface area contributed by atoms with E-state index in [0.717, 1.165) is 16.1 Å².